The molecule has 0 saturated carbocycles. The molecule has 0 fully saturated rings. The van der Waals surface area contributed by atoms with Crippen molar-refractivity contribution in [1.82, 2.24) is 0 Å². The molecule has 1 atom stereocenters. The second-order valence-corrected chi connectivity index (χ2v) is 9.26. The van der Waals surface area contributed by atoms with Crippen LogP contribution in [0.5, 0.6) is 17.2 Å². The molecule has 0 aliphatic carbocycles. The van der Waals surface area contributed by atoms with Crippen molar-refractivity contribution in [2.75, 3.05) is 0 Å². The standard InChI is InChI=1S/C31H40O3/c1-4-5-6-7-8-18-25-30(26(2)3)31(32-27-19-12-9-13-20-27,33-28-21-14-10-15-22-28)34-29-23-16-11-17-24-29/h9-17,19-24,26,30H,4-8,18,25H2,1-3H3. The van der Waals surface area contributed by atoms with Crippen LogP contribution in [0.15, 0.2) is 91.0 Å². The van der Waals surface area contributed by atoms with Crippen molar-refractivity contribution in [1.29, 1.82) is 0 Å². The van der Waals surface area contributed by atoms with Gasteiger partial charge in [0.15, 0.2) is 0 Å². The minimum Gasteiger partial charge on any atom is -0.420 e. The Hall–Kier alpha value is -2.94. The van der Waals surface area contributed by atoms with Crippen molar-refractivity contribution < 1.29 is 14.2 Å². The first kappa shape index (κ1) is 25.7. The van der Waals surface area contributed by atoms with Crippen LogP contribution >= 0.6 is 0 Å². The molecule has 0 N–H and O–H groups in total. The fourth-order valence-corrected chi connectivity index (χ4v) is 4.31. The predicted molar refractivity (Wildman–Crippen MR) is 140 cm³/mol. The van der Waals surface area contributed by atoms with Crippen LogP contribution in [-0.4, -0.2) is 5.97 Å². The zero-order chi connectivity index (χ0) is 24.1. The van der Waals surface area contributed by atoms with E-state index in [1.807, 2.05) is 91.0 Å². The van der Waals surface area contributed by atoms with Gasteiger partial charge in [-0.05, 0) is 48.7 Å². The van der Waals surface area contributed by atoms with E-state index in [0.29, 0.717) is 0 Å². The van der Waals surface area contributed by atoms with Crippen molar-refractivity contribution in [3.05, 3.63) is 91.0 Å². The zero-order valence-electron chi connectivity index (χ0n) is 21.0. The first-order chi connectivity index (χ1) is 16.6. The summed E-state index contributed by atoms with van der Waals surface area (Å²) in [5.41, 5.74) is 0. The first-order valence-corrected chi connectivity index (χ1v) is 12.8. The lowest BCUT2D eigenvalue weighted by Gasteiger charge is -2.41. The van der Waals surface area contributed by atoms with Gasteiger partial charge in [0.05, 0.1) is 5.92 Å². The van der Waals surface area contributed by atoms with E-state index in [4.69, 9.17) is 14.2 Å². The summed E-state index contributed by atoms with van der Waals surface area (Å²) in [5.74, 6) is 1.17. The predicted octanol–water partition coefficient (Wildman–Crippen LogP) is 8.90. The lowest BCUT2D eigenvalue weighted by atomic mass is 9.87. The normalized spacial score (nSPS) is 12.4. The van der Waals surface area contributed by atoms with Crippen LogP contribution in [-0.2, 0) is 0 Å². The summed E-state index contributed by atoms with van der Waals surface area (Å²) in [5, 5.41) is 0. The number of hydrogen-bond donors (Lipinski definition) is 0. The molecule has 0 amide bonds. The van der Waals surface area contributed by atoms with Crippen LogP contribution in [0.1, 0.15) is 65.7 Å². The molecule has 3 aromatic carbocycles. The van der Waals surface area contributed by atoms with Gasteiger partial charge in [-0.1, -0.05) is 114 Å². The van der Waals surface area contributed by atoms with E-state index in [1.165, 1.54) is 32.1 Å². The molecular weight excluding hydrogens is 420 g/mol. The Labute approximate surface area is 206 Å². The van der Waals surface area contributed by atoms with Crippen molar-refractivity contribution in [2.45, 2.75) is 71.7 Å². The molecule has 0 heterocycles. The summed E-state index contributed by atoms with van der Waals surface area (Å²) in [6.07, 6.45) is 8.42. The Morgan fingerprint density at radius 2 is 0.941 bits per heavy atom. The number of hydrogen-bond acceptors (Lipinski definition) is 3. The van der Waals surface area contributed by atoms with Crippen LogP contribution < -0.4 is 14.2 Å². The Balaban J connectivity index is 1.95. The van der Waals surface area contributed by atoms with Crippen molar-refractivity contribution in [3.63, 3.8) is 0 Å². The van der Waals surface area contributed by atoms with Crippen LogP contribution in [0.2, 0.25) is 0 Å². The van der Waals surface area contributed by atoms with E-state index in [1.54, 1.807) is 0 Å². The lowest BCUT2D eigenvalue weighted by molar-refractivity contribution is -0.294. The molecule has 0 aliphatic rings. The number of unbranched alkanes of at least 4 members (excludes halogenated alkanes) is 5. The van der Waals surface area contributed by atoms with E-state index in [9.17, 15) is 0 Å². The molecule has 34 heavy (non-hydrogen) atoms. The molecule has 0 aromatic heterocycles. The second kappa shape index (κ2) is 13.7. The maximum atomic E-state index is 6.68. The number of benzene rings is 3. The minimum absolute atomic E-state index is 0.0132. The number of ether oxygens (including phenoxy) is 3. The molecule has 3 heteroatoms. The largest absolute Gasteiger partial charge is 0.420 e. The van der Waals surface area contributed by atoms with E-state index >= 15 is 0 Å². The SMILES string of the molecule is CCCCCCCCC(C(C)C)C(Oc1ccccc1)(Oc1ccccc1)Oc1ccccc1. The molecule has 0 radical (unpaired) electrons. The minimum atomic E-state index is -1.30. The average molecular weight is 461 g/mol. The fraction of sp³-hybridized carbons (Fsp3) is 0.419. The highest BCUT2D eigenvalue weighted by molar-refractivity contribution is 5.26. The van der Waals surface area contributed by atoms with E-state index < -0.39 is 5.97 Å². The van der Waals surface area contributed by atoms with Crippen molar-refractivity contribution in [2.24, 2.45) is 11.8 Å². The lowest BCUT2D eigenvalue weighted by Crippen LogP contribution is -2.56. The zero-order valence-corrected chi connectivity index (χ0v) is 21.0. The molecule has 3 rings (SSSR count). The summed E-state index contributed by atoms with van der Waals surface area (Å²) in [7, 11) is 0. The van der Waals surface area contributed by atoms with Gasteiger partial charge in [-0.25, -0.2) is 0 Å². The van der Waals surface area contributed by atoms with Crippen LogP contribution in [0, 0.1) is 11.8 Å². The smallest absolute Gasteiger partial charge is 0.420 e. The molecule has 0 aliphatic heterocycles. The van der Waals surface area contributed by atoms with Gasteiger partial charge in [-0.15, -0.1) is 0 Å². The summed E-state index contributed by atoms with van der Waals surface area (Å²) in [6, 6.07) is 29.6. The monoisotopic (exact) mass is 460 g/mol. The molecule has 3 nitrogen and oxygen atoms in total. The first-order valence-electron chi connectivity index (χ1n) is 12.8. The maximum Gasteiger partial charge on any atom is 0.420 e. The molecular formula is C31H40O3. The molecule has 0 spiro atoms. The summed E-state index contributed by atoms with van der Waals surface area (Å²) in [6.45, 7) is 6.72. The summed E-state index contributed by atoms with van der Waals surface area (Å²) in [4.78, 5) is 0. The molecule has 1 unspecified atom stereocenters. The van der Waals surface area contributed by atoms with Crippen molar-refractivity contribution >= 4 is 0 Å². The maximum absolute atomic E-state index is 6.68. The Bertz CT molecular complexity index is 808. The number of rotatable bonds is 15. The third-order valence-corrected chi connectivity index (χ3v) is 6.14. The van der Waals surface area contributed by atoms with Gasteiger partial charge >= 0.3 is 5.97 Å². The van der Waals surface area contributed by atoms with Gasteiger partial charge in [-0.2, -0.15) is 0 Å². The van der Waals surface area contributed by atoms with E-state index in [-0.39, 0.29) is 11.8 Å². The number of para-hydroxylation sites is 3. The van der Waals surface area contributed by atoms with Gasteiger partial charge < -0.3 is 14.2 Å². The highest BCUT2D eigenvalue weighted by atomic mass is 16.9. The van der Waals surface area contributed by atoms with E-state index in [2.05, 4.69) is 20.8 Å². The Morgan fingerprint density at radius 3 is 1.32 bits per heavy atom. The van der Waals surface area contributed by atoms with Crippen LogP contribution in [0.3, 0.4) is 0 Å². The van der Waals surface area contributed by atoms with Gasteiger partial charge in [0, 0.05) is 0 Å². The van der Waals surface area contributed by atoms with Gasteiger partial charge in [0.25, 0.3) is 0 Å². The Morgan fingerprint density at radius 1 is 0.559 bits per heavy atom. The Kier molecular flexibility index (Phi) is 10.3. The second-order valence-electron chi connectivity index (χ2n) is 9.26. The van der Waals surface area contributed by atoms with Gasteiger partial charge in [-0.3, -0.25) is 0 Å². The molecule has 0 saturated heterocycles. The molecule has 182 valence electrons. The highest BCUT2D eigenvalue weighted by Crippen LogP contribution is 2.38. The third kappa shape index (κ3) is 7.83. The summed E-state index contributed by atoms with van der Waals surface area (Å²) >= 11 is 0. The molecule has 3 aromatic rings. The van der Waals surface area contributed by atoms with Crippen LogP contribution in [0.4, 0.5) is 0 Å². The fourth-order valence-electron chi connectivity index (χ4n) is 4.31. The quantitative estimate of drug-likeness (QED) is 0.167. The molecule has 0 bridgehead atoms. The highest BCUT2D eigenvalue weighted by Gasteiger charge is 2.48. The third-order valence-electron chi connectivity index (χ3n) is 6.14. The van der Waals surface area contributed by atoms with Crippen LogP contribution in [0.25, 0.3) is 0 Å². The van der Waals surface area contributed by atoms with Crippen molar-refractivity contribution in [3.8, 4) is 17.2 Å². The van der Waals surface area contributed by atoms with Gasteiger partial charge in [0.1, 0.15) is 17.2 Å². The topological polar surface area (TPSA) is 27.7 Å². The average Bonchev–Trinajstić information content (AvgIpc) is 2.85. The van der Waals surface area contributed by atoms with Gasteiger partial charge in [0.2, 0.25) is 0 Å². The van der Waals surface area contributed by atoms with E-state index in [0.717, 1.165) is 30.1 Å². The summed E-state index contributed by atoms with van der Waals surface area (Å²) < 4.78 is 20.1.